The highest BCUT2D eigenvalue weighted by Gasteiger charge is 2.33. The molecule has 0 bridgehead atoms. The number of halogens is 1. The van der Waals surface area contributed by atoms with Crippen molar-refractivity contribution in [3.05, 3.63) is 53.4 Å². The predicted molar refractivity (Wildman–Crippen MR) is 103 cm³/mol. The zero-order chi connectivity index (χ0) is 18.4. The summed E-state index contributed by atoms with van der Waals surface area (Å²) in [6.07, 6.45) is 4.01. The molecule has 2 heterocycles. The van der Waals surface area contributed by atoms with Crippen LogP contribution in [-0.2, 0) is 4.79 Å². The van der Waals surface area contributed by atoms with E-state index in [-0.39, 0.29) is 17.6 Å². The zero-order valence-corrected chi connectivity index (χ0v) is 15.9. The van der Waals surface area contributed by atoms with Crippen molar-refractivity contribution in [2.24, 2.45) is 0 Å². The Hall–Kier alpha value is -1.92. The van der Waals surface area contributed by atoms with Crippen molar-refractivity contribution in [2.45, 2.75) is 30.2 Å². The Balaban J connectivity index is 1.50. The molecule has 0 aliphatic carbocycles. The third-order valence-electron chi connectivity index (χ3n) is 4.28. The van der Waals surface area contributed by atoms with Crippen LogP contribution >= 0.6 is 23.4 Å². The molecule has 1 fully saturated rings. The Kier molecular flexibility index (Phi) is 6.63. The Bertz CT molecular complexity index is 734. The summed E-state index contributed by atoms with van der Waals surface area (Å²) in [5.41, 5.74) is 0. The Morgan fingerprint density at radius 3 is 2.77 bits per heavy atom. The smallest absolute Gasteiger partial charge is 0.290 e. The van der Waals surface area contributed by atoms with Gasteiger partial charge < -0.3 is 14.6 Å². The van der Waals surface area contributed by atoms with Gasteiger partial charge in [-0.25, -0.2) is 0 Å². The molecule has 1 aromatic carbocycles. The summed E-state index contributed by atoms with van der Waals surface area (Å²) in [7, 11) is 0. The molecule has 1 aromatic heterocycles. The third kappa shape index (κ3) is 4.83. The molecule has 0 radical (unpaired) electrons. The number of furan rings is 1. The van der Waals surface area contributed by atoms with E-state index in [2.05, 4.69) is 5.32 Å². The fourth-order valence-corrected chi connectivity index (χ4v) is 3.88. The van der Waals surface area contributed by atoms with Crippen LogP contribution in [0.2, 0.25) is 5.02 Å². The van der Waals surface area contributed by atoms with Gasteiger partial charge in [-0.1, -0.05) is 11.6 Å². The summed E-state index contributed by atoms with van der Waals surface area (Å²) >= 11 is 7.53. The van der Waals surface area contributed by atoms with Crippen LogP contribution in [0.25, 0.3) is 0 Å². The first kappa shape index (κ1) is 18.9. The second-order valence-corrected chi connectivity index (χ2v) is 7.69. The van der Waals surface area contributed by atoms with Gasteiger partial charge in [0.2, 0.25) is 5.91 Å². The molecule has 1 aliphatic heterocycles. The summed E-state index contributed by atoms with van der Waals surface area (Å²) in [4.78, 5) is 27.9. The summed E-state index contributed by atoms with van der Waals surface area (Å²) in [6, 6.07) is 10.5. The molecule has 5 nitrogen and oxygen atoms in total. The highest BCUT2D eigenvalue weighted by Crippen LogP contribution is 2.21. The van der Waals surface area contributed by atoms with E-state index < -0.39 is 6.04 Å². The molecule has 1 N–H and O–H groups in total. The van der Waals surface area contributed by atoms with Gasteiger partial charge in [0, 0.05) is 28.8 Å². The van der Waals surface area contributed by atoms with E-state index in [1.54, 1.807) is 28.8 Å². The van der Waals surface area contributed by atoms with E-state index in [0.717, 1.165) is 23.5 Å². The minimum absolute atomic E-state index is 0.0960. The first-order valence-corrected chi connectivity index (χ1v) is 10.0. The van der Waals surface area contributed by atoms with Gasteiger partial charge in [-0.15, -0.1) is 11.8 Å². The number of rotatable bonds is 6. The number of benzene rings is 1. The number of thioether (sulfide) groups is 1. The maximum atomic E-state index is 12.6. The first-order chi connectivity index (χ1) is 12.6. The van der Waals surface area contributed by atoms with E-state index in [0.29, 0.717) is 24.5 Å². The zero-order valence-electron chi connectivity index (χ0n) is 14.3. The van der Waals surface area contributed by atoms with Gasteiger partial charge in [-0.3, -0.25) is 9.59 Å². The van der Waals surface area contributed by atoms with Gasteiger partial charge in [0.05, 0.1) is 6.26 Å². The van der Waals surface area contributed by atoms with E-state index in [1.807, 2.05) is 24.3 Å². The molecule has 1 aliphatic rings. The molecular weight excluding hydrogens is 372 g/mol. The fourth-order valence-electron chi connectivity index (χ4n) is 2.98. The second-order valence-electron chi connectivity index (χ2n) is 6.08. The molecule has 3 rings (SSSR count). The summed E-state index contributed by atoms with van der Waals surface area (Å²) < 4.78 is 5.20. The van der Waals surface area contributed by atoms with Crippen molar-refractivity contribution in [3.63, 3.8) is 0 Å². The minimum atomic E-state index is -0.429. The number of likely N-dealkylation sites (tertiary alicyclic amines) is 1. The molecule has 26 heavy (non-hydrogen) atoms. The van der Waals surface area contributed by atoms with Crippen molar-refractivity contribution in [3.8, 4) is 0 Å². The SMILES string of the molecule is O=C(NCCSc1ccc(Cl)cc1)C1CCCCN1C(=O)c1ccco1. The van der Waals surface area contributed by atoms with Crippen LogP contribution in [0.4, 0.5) is 0 Å². The van der Waals surface area contributed by atoms with E-state index in [1.165, 1.54) is 6.26 Å². The number of nitrogens with zero attached hydrogens (tertiary/aromatic N) is 1. The molecule has 2 amide bonds. The number of amides is 2. The van der Waals surface area contributed by atoms with Gasteiger partial charge in [0.25, 0.3) is 5.91 Å². The Morgan fingerprint density at radius 1 is 1.23 bits per heavy atom. The van der Waals surface area contributed by atoms with Crippen LogP contribution in [0.15, 0.2) is 52.0 Å². The largest absolute Gasteiger partial charge is 0.459 e. The molecule has 2 aromatic rings. The van der Waals surface area contributed by atoms with Crippen LogP contribution < -0.4 is 5.32 Å². The number of hydrogen-bond acceptors (Lipinski definition) is 4. The average molecular weight is 393 g/mol. The molecule has 1 unspecified atom stereocenters. The molecule has 1 atom stereocenters. The lowest BCUT2D eigenvalue weighted by Crippen LogP contribution is -2.52. The van der Waals surface area contributed by atoms with Gasteiger partial charge in [0.15, 0.2) is 5.76 Å². The first-order valence-electron chi connectivity index (χ1n) is 8.66. The summed E-state index contributed by atoms with van der Waals surface area (Å²) in [6.45, 7) is 1.13. The number of piperidine rings is 1. The van der Waals surface area contributed by atoms with Crippen LogP contribution in [0.3, 0.4) is 0 Å². The quantitative estimate of drug-likeness (QED) is 0.599. The Morgan fingerprint density at radius 2 is 2.04 bits per heavy atom. The van der Waals surface area contributed by atoms with Crippen molar-refractivity contribution >= 4 is 35.2 Å². The molecule has 1 saturated heterocycles. The monoisotopic (exact) mass is 392 g/mol. The molecule has 138 valence electrons. The van der Waals surface area contributed by atoms with Crippen LogP contribution in [0, 0.1) is 0 Å². The van der Waals surface area contributed by atoms with Gasteiger partial charge in [0.1, 0.15) is 6.04 Å². The third-order valence-corrected chi connectivity index (χ3v) is 5.55. The van der Waals surface area contributed by atoms with Gasteiger partial charge >= 0.3 is 0 Å². The summed E-state index contributed by atoms with van der Waals surface area (Å²) in [5, 5.41) is 3.66. The summed E-state index contributed by atoms with van der Waals surface area (Å²) in [5.74, 6) is 0.723. The maximum absolute atomic E-state index is 12.6. The molecule has 7 heteroatoms. The minimum Gasteiger partial charge on any atom is -0.459 e. The highest BCUT2D eigenvalue weighted by molar-refractivity contribution is 7.99. The second kappa shape index (κ2) is 9.14. The lowest BCUT2D eigenvalue weighted by atomic mass is 10.0. The van der Waals surface area contributed by atoms with Gasteiger partial charge in [-0.2, -0.15) is 0 Å². The lowest BCUT2D eigenvalue weighted by molar-refractivity contribution is -0.126. The average Bonchev–Trinajstić information content (AvgIpc) is 3.20. The van der Waals surface area contributed by atoms with Gasteiger partial charge in [-0.05, 0) is 55.7 Å². The Labute approximate surface area is 162 Å². The van der Waals surface area contributed by atoms with Crippen LogP contribution in [0.1, 0.15) is 29.8 Å². The lowest BCUT2D eigenvalue weighted by Gasteiger charge is -2.34. The normalized spacial score (nSPS) is 17.1. The van der Waals surface area contributed by atoms with E-state index >= 15 is 0 Å². The van der Waals surface area contributed by atoms with Crippen molar-refractivity contribution in [2.75, 3.05) is 18.8 Å². The standard InChI is InChI=1S/C19H21ClN2O3S/c20-14-6-8-15(9-7-14)26-13-10-21-18(23)16-4-1-2-11-22(16)19(24)17-5-3-12-25-17/h3,5-9,12,16H,1-2,4,10-11,13H2,(H,21,23). The highest BCUT2D eigenvalue weighted by atomic mass is 35.5. The topological polar surface area (TPSA) is 62.6 Å². The van der Waals surface area contributed by atoms with Crippen molar-refractivity contribution < 1.29 is 14.0 Å². The maximum Gasteiger partial charge on any atom is 0.290 e. The van der Waals surface area contributed by atoms with Crippen molar-refractivity contribution in [1.29, 1.82) is 0 Å². The van der Waals surface area contributed by atoms with Crippen LogP contribution in [0.5, 0.6) is 0 Å². The predicted octanol–water partition coefficient (Wildman–Crippen LogP) is 3.84. The number of nitrogens with one attached hydrogen (secondary N) is 1. The fraction of sp³-hybridized carbons (Fsp3) is 0.368. The number of carbonyl (C=O) groups is 2. The number of hydrogen-bond donors (Lipinski definition) is 1. The number of carbonyl (C=O) groups excluding carboxylic acids is 2. The van der Waals surface area contributed by atoms with E-state index in [9.17, 15) is 9.59 Å². The molecule has 0 spiro atoms. The van der Waals surface area contributed by atoms with Crippen LogP contribution in [-0.4, -0.2) is 41.6 Å². The molecule has 0 saturated carbocycles. The van der Waals surface area contributed by atoms with Crippen molar-refractivity contribution in [1.82, 2.24) is 10.2 Å². The van der Waals surface area contributed by atoms with E-state index in [4.69, 9.17) is 16.0 Å². The molecular formula is C19H21ClN2O3S.